The fourth-order valence-corrected chi connectivity index (χ4v) is 6.37. The number of hydrogen-bond donors (Lipinski definition) is 1. The first kappa shape index (κ1) is 48.9. The topological polar surface area (TPSA) is 116 Å². The Kier molecular flexibility index (Phi) is 37.5. The smallest absolute Gasteiger partial charge is 0.306 e. The van der Waals surface area contributed by atoms with E-state index in [4.69, 9.17) is 19.3 Å². The number of unbranched alkanes of at least 4 members (excludes halogenated alkanes) is 28. The molecule has 0 heterocycles. The van der Waals surface area contributed by atoms with E-state index >= 15 is 0 Å². The van der Waals surface area contributed by atoms with Crippen molar-refractivity contribution in [3.63, 3.8) is 0 Å². The lowest BCUT2D eigenvalue weighted by Gasteiger charge is -2.18. The SMILES string of the molecule is CCCCCCCCCCCCCCCCCC(=O)OC[C@H](COC(=O)CCC(=O)O)OC(=O)CCCCCCCCCCCCCCCCC. The molecule has 8 nitrogen and oxygen atoms in total. The average Bonchev–Trinajstić information content (AvgIpc) is 3.11. The van der Waals surface area contributed by atoms with Crippen LogP contribution in [-0.4, -0.2) is 48.3 Å². The molecule has 0 bridgehead atoms. The Labute approximate surface area is 313 Å². The molecule has 8 heteroatoms. The van der Waals surface area contributed by atoms with E-state index in [0.29, 0.717) is 6.42 Å². The van der Waals surface area contributed by atoms with E-state index in [1.807, 2.05) is 0 Å². The summed E-state index contributed by atoms with van der Waals surface area (Å²) in [5, 5.41) is 8.81. The molecule has 51 heavy (non-hydrogen) atoms. The minimum Gasteiger partial charge on any atom is -0.481 e. The lowest BCUT2D eigenvalue weighted by atomic mass is 10.0. The van der Waals surface area contributed by atoms with Crippen molar-refractivity contribution in [2.24, 2.45) is 0 Å². The molecule has 0 saturated heterocycles. The third-order valence-corrected chi connectivity index (χ3v) is 9.67. The molecule has 1 N–H and O–H groups in total. The summed E-state index contributed by atoms with van der Waals surface area (Å²) in [6.07, 6.45) is 36.5. The molecule has 0 radical (unpaired) electrons. The highest BCUT2D eigenvalue weighted by Gasteiger charge is 2.20. The van der Waals surface area contributed by atoms with Gasteiger partial charge in [-0.05, 0) is 12.8 Å². The van der Waals surface area contributed by atoms with Crippen molar-refractivity contribution in [1.29, 1.82) is 0 Å². The summed E-state index contributed by atoms with van der Waals surface area (Å²) in [6.45, 7) is 4.06. The molecule has 0 rings (SSSR count). The standard InChI is InChI=1S/C43H80O8/c1-3-5-7-9-11-13-15-17-19-21-23-25-27-29-31-33-41(46)49-37-39(38-50-42(47)36-35-40(44)45)51-43(48)34-32-30-28-26-24-22-20-18-16-14-12-10-8-6-4-2/h39H,3-38H2,1-2H3,(H,44,45)/t39-/m1/s1. The molecule has 0 aliphatic rings. The molecule has 0 aromatic heterocycles. The van der Waals surface area contributed by atoms with Crippen LogP contribution < -0.4 is 0 Å². The minimum absolute atomic E-state index is 0.186. The summed E-state index contributed by atoms with van der Waals surface area (Å²) in [4.78, 5) is 47.6. The maximum absolute atomic E-state index is 12.5. The molecule has 0 aliphatic carbocycles. The van der Waals surface area contributed by atoms with Crippen molar-refractivity contribution in [3.05, 3.63) is 0 Å². The zero-order valence-corrected chi connectivity index (χ0v) is 33.3. The number of carboxylic acids is 1. The summed E-state index contributed by atoms with van der Waals surface area (Å²) < 4.78 is 16.0. The van der Waals surface area contributed by atoms with Crippen molar-refractivity contribution in [3.8, 4) is 0 Å². The molecule has 300 valence electrons. The Morgan fingerprint density at radius 2 is 0.647 bits per heavy atom. The Bertz CT molecular complexity index is 814. The van der Waals surface area contributed by atoms with Gasteiger partial charge in [0.1, 0.15) is 13.2 Å². The third-order valence-electron chi connectivity index (χ3n) is 9.67. The fraction of sp³-hybridized carbons (Fsp3) is 0.907. The second-order valence-electron chi connectivity index (χ2n) is 14.8. The quantitative estimate of drug-likeness (QED) is 0.0377. The van der Waals surface area contributed by atoms with E-state index in [0.717, 1.165) is 38.5 Å². The lowest BCUT2D eigenvalue weighted by Crippen LogP contribution is -2.31. The second-order valence-corrected chi connectivity index (χ2v) is 14.8. The molecule has 0 aromatic rings. The van der Waals surface area contributed by atoms with Crippen LogP contribution in [0.1, 0.15) is 232 Å². The first-order valence-corrected chi connectivity index (χ1v) is 21.6. The van der Waals surface area contributed by atoms with Crippen molar-refractivity contribution in [1.82, 2.24) is 0 Å². The second kappa shape index (κ2) is 39.1. The Hall–Kier alpha value is -2.12. The van der Waals surface area contributed by atoms with Crippen LogP contribution in [0.2, 0.25) is 0 Å². The number of esters is 3. The van der Waals surface area contributed by atoms with Crippen LogP contribution in [0.4, 0.5) is 0 Å². The van der Waals surface area contributed by atoms with E-state index in [1.165, 1.54) is 154 Å². The van der Waals surface area contributed by atoms with Gasteiger partial charge in [-0.2, -0.15) is 0 Å². The molecule has 0 aliphatic heterocycles. The summed E-state index contributed by atoms with van der Waals surface area (Å²) in [5.74, 6) is -2.55. The number of carbonyl (C=O) groups excluding carboxylic acids is 3. The van der Waals surface area contributed by atoms with Gasteiger partial charge < -0.3 is 19.3 Å². The molecule has 0 unspecified atom stereocenters. The van der Waals surface area contributed by atoms with E-state index in [1.54, 1.807) is 0 Å². The maximum atomic E-state index is 12.5. The number of carboxylic acid groups (broad SMARTS) is 1. The number of rotatable bonds is 40. The minimum atomic E-state index is -1.09. The molecular formula is C43H80O8. The summed E-state index contributed by atoms with van der Waals surface area (Å²) in [7, 11) is 0. The van der Waals surface area contributed by atoms with Gasteiger partial charge in [0.15, 0.2) is 6.10 Å². The summed E-state index contributed by atoms with van der Waals surface area (Å²) in [6, 6.07) is 0. The van der Waals surface area contributed by atoms with Gasteiger partial charge in [-0.15, -0.1) is 0 Å². The van der Waals surface area contributed by atoms with Crippen LogP contribution in [0.3, 0.4) is 0 Å². The van der Waals surface area contributed by atoms with Crippen LogP contribution in [-0.2, 0) is 33.4 Å². The van der Waals surface area contributed by atoms with Crippen LogP contribution >= 0.6 is 0 Å². The summed E-state index contributed by atoms with van der Waals surface area (Å²) in [5.41, 5.74) is 0. The van der Waals surface area contributed by atoms with Crippen molar-refractivity contribution in [2.75, 3.05) is 13.2 Å². The fourth-order valence-electron chi connectivity index (χ4n) is 6.37. The zero-order chi connectivity index (χ0) is 37.5. The first-order chi connectivity index (χ1) is 24.9. The molecule has 1 atom stereocenters. The normalized spacial score (nSPS) is 11.7. The van der Waals surface area contributed by atoms with Crippen LogP contribution in [0, 0.1) is 0 Å². The van der Waals surface area contributed by atoms with Gasteiger partial charge >= 0.3 is 23.9 Å². The number of aliphatic carboxylic acids is 1. The van der Waals surface area contributed by atoms with E-state index in [2.05, 4.69) is 13.8 Å². The Morgan fingerprint density at radius 3 is 0.961 bits per heavy atom. The van der Waals surface area contributed by atoms with E-state index in [-0.39, 0.29) is 38.4 Å². The van der Waals surface area contributed by atoms with Crippen molar-refractivity contribution < 1.29 is 38.5 Å². The first-order valence-electron chi connectivity index (χ1n) is 21.6. The third kappa shape index (κ3) is 38.9. The summed E-state index contributed by atoms with van der Waals surface area (Å²) >= 11 is 0. The van der Waals surface area contributed by atoms with Crippen molar-refractivity contribution in [2.45, 2.75) is 238 Å². The van der Waals surface area contributed by atoms with Crippen LogP contribution in [0.5, 0.6) is 0 Å². The van der Waals surface area contributed by atoms with Gasteiger partial charge in [-0.1, -0.05) is 194 Å². The lowest BCUT2D eigenvalue weighted by molar-refractivity contribution is -0.167. The Balaban J connectivity index is 4.08. The Morgan fingerprint density at radius 1 is 0.373 bits per heavy atom. The molecule has 0 aromatic carbocycles. The molecule has 0 spiro atoms. The number of hydrogen-bond acceptors (Lipinski definition) is 7. The van der Waals surface area contributed by atoms with Gasteiger partial charge in [-0.25, -0.2) is 0 Å². The zero-order valence-electron chi connectivity index (χ0n) is 33.3. The predicted molar refractivity (Wildman–Crippen MR) is 208 cm³/mol. The monoisotopic (exact) mass is 725 g/mol. The highest BCUT2D eigenvalue weighted by Crippen LogP contribution is 2.16. The molecular weight excluding hydrogens is 644 g/mol. The highest BCUT2D eigenvalue weighted by molar-refractivity contribution is 5.76. The van der Waals surface area contributed by atoms with Crippen LogP contribution in [0.25, 0.3) is 0 Å². The predicted octanol–water partition coefficient (Wildman–Crippen LogP) is 12.4. The van der Waals surface area contributed by atoms with Gasteiger partial charge in [0.05, 0.1) is 12.8 Å². The van der Waals surface area contributed by atoms with E-state index < -0.39 is 24.0 Å². The van der Waals surface area contributed by atoms with Crippen molar-refractivity contribution >= 4 is 23.9 Å². The van der Waals surface area contributed by atoms with Gasteiger partial charge in [0.25, 0.3) is 0 Å². The maximum Gasteiger partial charge on any atom is 0.306 e. The molecule has 0 saturated carbocycles. The van der Waals surface area contributed by atoms with Gasteiger partial charge in [0.2, 0.25) is 0 Å². The van der Waals surface area contributed by atoms with Crippen LogP contribution in [0.15, 0.2) is 0 Å². The van der Waals surface area contributed by atoms with Gasteiger partial charge in [0, 0.05) is 12.8 Å². The average molecular weight is 725 g/mol. The molecule has 0 amide bonds. The van der Waals surface area contributed by atoms with Gasteiger partial charge in [-0.3, -0.25) is 19.2 Å². The van der Waals surface area contributed by atoms with E-state index in [9.17, 15) is 19.2 Å². The highest BCUT2D eigenvalue weighted by atomic mass is 16.6. The number of ether oxygens (including phenoxy) is 3. The molecule has 0 fully saturated rings. The largest absolute Gasteiger partial charge is 0.481 e. The number of carbonyl (C=O) groups is 4.